The number of nitrogens with two attached hydrogens (primary N) is 1. The summed E-state index contributed by atoms with van der Waals surface area (Å²) < 4.78 is 0. The standard InChI is InChI=1S/C8H15N3O2/c1-6(12)11-4-7(5-11)10(2)8(13)3-9/h7H,3-5,9H2,1-2H3. The lowest BCUT2D eigenvalue weighted by Gasteiger charge is -2.43. The van der Waals surface area contributed by atoms with Gasteiger partial charge in [-0.1, -0.05) is 0 Å². The highest BCUT2D eigenvalue weighted by Crippen LogP contribution is 2.13. The van der Waals surface area contributed by atoms with Crippen LogP contribution in [0.4, 0.5) is 0 Å². The Hall–Kier alpha value is -1.10. The fourth-order valence-electron chi connectivity index (χ4n) is 1.31. The first-order valence-corrected chi connectivity index (χ1v) is 4.27. The third kappa shape index (κ3) is 1.98. The van der Waals surface area contributed by atoms with Gasteiger partial charge in [-0.3, -0.25) is 9.59 Å². The zero-order valence-corrected chi connectivity index (χ0v) is 7.99. The molecule has 0 aromatic heterocycles. The average molecular weight is 185 g/mol. The van der Waals surface area contributed by atoms with Crippen molar-refractivity contribution in [3.8, 4) is 0 Å². The van der Waals surface area contributed by atoms with Crippen LogP contribution < -0.4 is 5.73 Å². The molecule has 0 bridgehead atoms. The Labute approximate surface area is 77.5 Å². The number of amides is 2. The second-order valence-electron chi connectivity index (χ2n) is 3.29. The third-order valence-electron chi connectivity index (χ3n) is 2.42. The molecule has 13 heavy (non-hydrogen) atoms. The Morgan fingerprint density at radius 2 is 2.08 bits per heavy atom. The van der Waals surface area contributed by atoms with Crippen molar-refractivity contribution in [2.24, 2.45) is 5.73 Å². The molecular weight excluding hydrogens is 170 g/mol. The van der Waals surface area contributed by atoms with Gasteiger partial charge in [0.2, 0.25) is 11.8 Å². The minimum Gasteiger partial charge on any atom is -0.339 e. The number of hydrogen-bond acceptors (Lipinski definition) is 3. The summed E-state index contributed by atoms with van der Waals surface area (Å²) in [6.07, 6.45) is 0. The smallest absolute Gasteiger partial charge is 0.236 e. The lowest BCUT2D eigenvalue weighted by atomic mass is 10.1. The molecule has 5 heteroatoms. The van der Waals surface area contributed by atoms with Crippen molar-refractivity contribution in [1.29, 1.82) is 0 Å². The number of rotatable bonds is 2. The maximum absolute atomic E-state index is 11.1. The van der Waals surface area contributed by atoms with Gasteiger partial charge in [-0.05, 0) is 0 Å². The van der Waals surface area contributed by atoms with E-state index in [0.717, 1.165) is 0 Å². The first-order chi connectivity index (χ1) is 6.06. The highest BCUT2D eigenvalue weighted by atomic mass is 16.2. The van der Waals surface area contributed by atoms with E-state index in [0.29, 0.717) is 13.1 Å². The van der Waals surface area contributed by atoms with E-state index >= 15 is 0 Å². The molecular formula is C8H15N3O2. The minimum atomic E-state index is -0.0757. The van der Waals surface area contributed by atoms with Gasteiger partial charge < -0.3 is 15.5 Å². The maximum atomic E-state index is 11.1. The SMILES string of the molecule is CC(=O)N1CC(N(C)C(=O)CN)C1. The number of nitrogens with zero attached hydrogens (tertiary/aromatic N) is 2. The molecule has 0 aromatic rings. The largest absolute Gasteiger partial charge is 0.339 e. The van der Waals surface area contributed by atoms with Gasteiger partial charge in [-0.2, -0.15) is 0 Å². The van der Waals surface area contributed by atoms with Crippen molar-refractivity contribution in [1.82, 2.24) is 9.80 Å². The summed E-state index contributed by atoms with van der Waals surface area (Å²) in [6, 6.07) is 0.153. The van der Waals surface area contributed by atoms with Crippen LogP contribution >= 0.6 is 0 Å². The van der Waals surface area contributed by atoms with Gasteiger partial charge in [0, 0.05) is 27.1 Å². The molecule has 0 saturated carbocycles. The second kappa shape index (κ2) is 3.74. The van der Waals surface area contributed by atoms with Gasteiger partial charge >= 0.3 is 0 Å². The molecule has 2 N–H and O–H groups in total. The van der Waals surface area contributed by atoms with Crippen molar-refractivity contribution in [2.45, 2.75) is 13.0 Å². The molecule has 0 spiro atoms. The van der Waals surface area contributed by atoms with Gasteiger partial charge in [0.05, 0.1) is 12.6 Å². The van der Waals surface area contributed by atoms with Crippen molar-refractivity contribution >= 4 is 11.8 Å². The van der Waals surface area contributed by atoms with Crippen LogP contribution in [0.15, 0.2) is 0 Å². The summed E-state index contributed by atoms with van der Waals surface area (Å²) in [7, 11) is 1.72. The molecule has 0 unspecified atom stereocenters. The first kappa shape index (κ1) is 9.98. The van der Waals surface area contributed by atoms with E-state index in [1.54, 1.807) is 16.8 Å². The average Bonchev–Trinajstić information content (AvgIpc) is 1.99. The molecule has 0 aliphatic carbocycles. The van der Waals surface area contributed by atoms with Crippen LogP contribution in [-0.2, 0) is 9.59 Å². The molecule has 1 heterocycles. The lowest BCUT2D eigenvalue weighted by Crippen LogP contribution is -2.61. The van der Waals surface area contributed by atoms with Crippen LogP contribution in [0.5, 0.6) is 0 Å². The fourth-order valence-corrected chi connectivity index (χ4v) is 1.31. The third-order valence-corrected chi connectivity index (χ3v) is 2.42. The molecule has 0 atom stereocenters. The van der Waals surface area contributed by atoms with Crippen LogP contribution in [0.25, 0.3) is 0 Å². The monoisotopic (exact) mass is 185 g/mol. The topological polar surface area (TPSA) is 66.6 Å². The van der Waals surface area contributed by atoms with Crippen LogP contribution in [0.1, 0.15) is 6.92 Å². The maximum Gasteiger partial charge on any atom is 0.236 e. The summed E-state index contributed by atoms with van der Waals surface area (Å²) in [5, 5.41) is 0. The molecule has 74 valence electrons. The highest BCUT2D eigenvalue weighted by Gasteiger charge is 2.33. The van der Waals surface area contributed by atoms with E-state index in [4.69, 9.17) is 5.73 Å². The Balaban J connectivity index is 2.34. The Morgan fingerprint density at radius 3 is 2.46 bits per heavy atom. The summed E-state index contributed by atoms with van der Waals surface area (Å²) in [4.78, 5) is 25.3. The Kier molecular flexibility index (Phi) is 2.87. The van der Waals surface area contributed by atoms with Gasteiger partial charge in [0.1, 0.15) is 0 Å². The highest BCUT2D eigenvalue weighted by molar-refractivity contribution is 5.79. The van der Waals surface area contributed by atoms with E-state index in [2.05, 4.69) is 0 Å². The second-order valence-corrected chi connectivity index (χ2v) is 3.29. The fraction of sp³-hybridized carbons (Fsp3) is 0.750. The van der Waals surface area contributed by atoms with Crippen molar-refractivity contribution in [3.63, 3.8) is 0 Å². The normalized spacial score (nSPS) is 16.7. The van der Waals surface area contributed by atoms with Crippen molar-refractivity contribution < 1.29 is 9.59 Å². The first-order valence-electron chi connectivity index (χ1n) is 4.27. The van der Waals surface area contributed by atoms with E-state index in [1.807, 2.05) is 0 Å². The molecule has 1 aliphatic heterocycles. The van der Waals surface area contributed by atoms with Gasteiger partial charge in [0.25, 0.3) is 0 Å². The molecule has 1 saturated heterocycles. The summed E-state index contributed by atoms with van der Waals surface area (Å²) in [6.45, 7) is 2.84. The molecule has 0 aromatic carbocycles. The molecule has 0 radical (unpaired) electrons. The number of carbonyl (C=O) groups excluding carboxylic acids is 2. The zero-order valence-electron chi connectivity index (χ0n) is 7.99. The number of hydrogen-bond donors (Lipinski definition) is 1. The lowest BCUT2D eigenvalue weighted by molar-refractivity contribution is -0.143. The summed E-state index contributed by atoms with van der Waals surface area (Å²) in [5.41, 5.74) is 5.21. The summed E-state index contributed by atoms with van der Waals surface area (Å²) in [5.74, 6) is -0.0157. The van der Waals surface area contributed by atoms with Crippen molar-refractivity contribution in [3.05, 3.63) is 0 Å². The predicted molar refractivity (Wildman–Crippen MR) is 47.9 cm³/mol. The van der Waals surface area contributed by atoms with Crippen LogP contribution in [0.3, 0.4) is 0 Å². The number of likely N-dealkylation sites (tertiary alicyclic amines) is 1. The van der Waals surface area contributed by atoms with E-state index in [1.165, 1.54) is 6.92 Å². The number of carbonyl (C=O) groups is 2. The molecule has 1 fully saturated rings. The molecule has 2 amide bonds. The van der Waals surface area contributed by atoms with Crippen LogP contribution in [0, 0.1) is 0 Å². The number of likely N-dealkylation sites (N-methyl/N-ethyl adjacent to an activating group) is 1. The molecule has 1 aliphatic rings. The van der Waals surface area contributed by atoms with Gasteiger partial charge in [-0.15, -0.1) is 0 Å². The molecule has 1 rings (SSSR count). The van der Waals surface area contributed by atoms with E-state index in [9.17, 15) is 9.59 Å². The Morgan fingerprint density at radius 1 is 1.54 bits per heavy atom. The van der Waals surface area contributed by atoms with E-state index in [-0.39, 0.29) is 24.4 Å². The van der Waals surface area contributed by atoms with E-state index < -0.39 is 0 Å². The molecule has 5 nitrogen and oxygen atoms in total. The zero-order chi connectivity index (χ0) is 10.0. The van der Waals surface area contributed by atoms with Gasteiger partial charge in [0.15, 0.2) is 0 Å². The Bertz CT molecular complexity index is 223. The van der Waals surface area contributed by atoms with Crippen molar-refractivity contribution in [2.75, 3.05) is 26.7 Å². The van der Waals surface area contributed by atoms with Crippen LogP contribution in [0.2, 0.25) is 0 Å². The minimum absolute atomic E-state index is 0.0348. The summed E-state index contributed by atoms with van der Waals surface area (Å²) >= 11 is 0. The predicted octanol–water partition coefficient (Wildman–Crippen LogP) is -1.37. The van der Waals surface area contributed by atoms with Gasteiger partial charge in [-0.25, -0.2) is 0 Å². The quantitative estimate of drug-likeness (QED) is 0.577. The van der Waals surface area contributed by atoms with Crippen LogP contribution in [-0.4, -0.2) is 54.3 Å².